The number of aliphatic carboxylic acids is 1. The zero-order valence-electron chi connectivity index (χ0n) is 15.6. The van der Waals surface area contributed by atoms with Crippen LogP contribution in [0.3, 0.4) is 0 Å². The summed E-state index contributed by atoms with van der Waals surface area (Å²) in [7, 11) is -3.78. The highest BCUT2D eigenvalue weighted by atomic mass is 32.2. The summed E-state index contributed by atoms with van der Waals surface area (Å²) in [5.74, 6) is -0.758. The smallest absolute Gasteiger partial charge is 0.303 e. The number of aromatic hydroxyl groups is 1. The minimum Gasteiger partial charge on any atom is -0.508 e. The van der Waals surface area contributed by atoms with E-state index in [1.165, 1.54) is 36.5 Å². The van der Waals surface area contributed by atoms with Crippen molar-refractivity contribution in [3.05, 3.63) is 72.4 Å². The van der Waals surface area contributed by atoms with Gasteiger partial charge in [-0.3, -0.25) is 9.52 Å². The molecule has 0 radical (unpaired) electrons. The molecule has 1 heterocycles. The number of phenolic OH excluding ortho intramolecular Hbond substituents is 1. The monoisotopic (exact) mass is 426 g/mol. The van der Waals surface area contributed by atoms with Crippen LogP contribution >= 0.6 is 0 Å². The largest absolute Gasteiger partial charge is 0.508 e. The van der Waals surface area contributed by atoms with Gasteiger partial charge in [0, 0.05) is 12.6 Å². The Morgan fingerprint density at radius 2 is 1.70 bits per heavy atom. The van der Waals surface area contributed by atoms with Gasteiger partial charge < -0.3 is 10.2 Å². The highest BCUT2D eigenvalue weighted by molar-refractivity contribution is 7.92. The molecule has 3 N–H and O–H groups in total. The second-order valence-corrected chi connectivity index (χ2v) is 7.90. The Labute approximate surface area is 172 Å². The summed E-state index contributed by atoms with van der Waals surface area (Å²) >= 11 is 0. The van der Waals surface area contributed by atoms with Crippen molar-refractivity contribution in [1.29, 1.82) is 0 Å². The van der Waals surface area contributed by atoms with Crippen LogP contribution in [0.5, 0.6) is 5.75 Å². The molecule has 0 amide bonds. The average molecular weight is 426 g/mol. The number of carboxylic acid groups (broad SMARTS) is 1. The van der Waals surface area contributed by atoms with E-state index < -0.39 is 16.0 Å². The van der Waals surface area contributed by atoms with E-state index in [0.29, 0.717) is 16.9 Å². The Hall–Kier alpha value is -3.79. The van der Waals surface area contributed by atoms with Crippen molar-refractivity contribution in [2.75, 3.05) is 4.72 Å². The van der Waals surface area contributed by atoms with Gasteiger partial charge in [0.05, 0.1) is 16.3 Å². The van der Waals surface area contributed by atoms with Gasteiger partial charge in [0.1, 0.15) is 11.6 Å². The van der Waals surface area contributed by atoms with E-state index in [1.54, 1.807) is 30.3 Å². The summed E-state index contributed by atoms with van der Waals surface area (Å²) in [4.78, 5) is 14.7. The predicted octanol–water partition coefficient (Wildman–Crippen LogP) is 4.02. The second-order valence-electron chi connectivity index (χ2n) is 6.22. The van der Waals surface area contributed by atoms with Gasteiger partial charge in [-0.05, 0) is 66.6 Å². The molecule has 0 atom stereocenters. The summed E-state index contributed by atoms with van der Waals surface area (Å²) in [6.45, 7) is 0. The molecule has 0 fully saturated rings. The zero-order valence-corrected chi connectivity index (χ0v) is 16.5. The predicted molar refractivity (Wildman–Crippen MR) is 110 cm³/mol. The lowest BCUT2D eigenvalue weighted by Crippen LogP contribution is -2.13. The summed E-state index contributed by atoms with van der Waals surface area (Å²) in [5.41, 5.74) is 1.31. The molecular weight excluding hydrogens is 408 g/mol. The summed E-state index contributed by atoms with van der Waals surface area (Å²) in [6.07, 6.45) is 1.54. The molecule has 0 aliphatic rings. The van der Waals surface area contributed by atoms with Crippen LogP contribution in [0.1, 0.15) is 12.0 Å². The standard InChI is InChI=1S/C20H18N4O5S/c25-18-10-7-16(13-14(18)4-11-20(26)27)23-22-15-5-8-17(9-6-15)30(28,29)24-19-3-1-2-12-21-19/h1-3,5-10,12-13,25H,4,11H2,(H,21,24)(H,26,27)/b23-22+. The third kappa shape index (κ3) is 5.61. The maximum absolute atomic E-state index is 12.4. The molecule has 0 saturated carbocycles. The molecule has 0 bridgehead atoms. The molecule has 3 rings (SSSR count). The lowest BCUT2D eigenvalue weighted by molar-refractivity contribution is -0.136. The first kappa shape index (κ1) is 20.9. The summed E-state index contributed by atoms with van der Waals surface area (Å²) < 4.78 is 27.2. The molecular formula is C20H18N4O5S. The maximum atomic E-state index is 12.4. The van der Waals surface area contributed by atoms with Crippen molar-refractivity contribution in [1.82, 2.24) is 4.98 Å². The van der Waals surface area contributed by atoms with E-state index in [9.17, 15) is 18.3 Å². The number of pyridine rings is 1. The molecule has 1 aromatic heterocycles. The van der Waals surface area contributed by atoms with Crippen molar-refractivity contribution >= 4 is 33.2 Å². The average Bonchev–Trinajstić information content (AvgIpc) is 2.73. The van der Waals surface area contributed by atoms with E-state index in [2.05, 4.69) is 19.9 Å². The SMILES string of the molecule is O=C(O)CCc1cc(/N=N/c2ccc(S(=O)(=O)Nc3ccccn3)cc2)ccc1O. The van der Waals surface area contributed by atoms with Gasteiger partial charge in [-0.2, -0.15) is 10.2 Å². The normalized spacial score (nSPS) is 11.5. The number of anilines is 1. The third-order valence-electron chi connectivity index (χ3n) is 4.00. The van der Waals surface area contributed by atoms with Crippen LogP contribution in [0.15, 0.2) is 82.0 Å². The van der Waals surface area contributed by atoms with Gasteiger partial charge in [0.15, 0.2) is 0 Å². The fourth-order valence-corrected chi connectivity index (χ4v) is 3.51. The van der Waals surface area contributed by atoms with Crippen LogP contribution in [0.2, 0.25) is 0 Å². The molecule has 0 saturated heterocycles. The van der Waals surface area contributed by atoms with Crippen molar-refractivity contribution in [3.8, 4) is 5.75 Å². The van der Waals surface area contributed by atoms with E-state index in [1.807, 2.05) is 0 Å². The van der Waals surface area contributed by atoms with E-state index >= 15 is 0 Å². The topological polar surface area (TPSA) is 141 Å². The molecule has 2 aromatic carbocycles. The van der Waals surface area contributed by atoms with Gasteiger partial charge in [-0.25, -0.2) is 13.4 Å². The Balaban J connectivity index is 1.72. The minimum absolute atomic E-state index is 0.00911. The molecule has 0 aliphatic heterocycles. The number of phenols is 1. The summed E-state index contributed by atoms with van der Waals surface area (Å²) in [6, 6.07) is 15.2. The van der Waals surface area contributed by atoms with Crippen molar-refractivity contribution in [2.45, 2.75) is 17.7 Å². The van der Waals surface area contributed by atoms with Gasteiger partial charge in [0.25, 0.3) is 10.0 Å². The number of nitrogens with zero attached hydrogens (tertiary/aromatic N) is 3. The van der Waals surface area contributed by atoms with Crippen LogP contribution in [0.4, 0.5) is 17.2 Å². The maximum Gasteiger partial charge on any atom is 0.303 e. The van der Waals surface area contributed by atoms with Crippen molar-refractivity contribution in [2.24, 2.45) is 10.2 Å². The van der Waals surface area contributed by atoms with Crippen LogP contribution < -0.4 is 4.72 Å². The Morgan fingerprint density at radius 3 is 2.37 bits per heavy atom. The van der Waals surface area contributed by atoms with Crippen molar-refractivity contribution < 1.29 is 23.4 Å². The van der Waals surface area contributed by atoms with Gasteiger partial charge in [0.2, 0.25) is 0 Å². The lowest BCUT2D eigenvalue weighted by Gasteiger charge is -2.07. The van der Waals surface area contributed by atoms with E-state index in [0.717, 1.165) is 0 Å². The van der Waals surface area contributed by atoms with Crippen LogP contribution in [-0.4, -0.2) is 29.6 Å². The minimum atomic E-state index is -3.78. The number of nitrogens with one attached hydrogen (secondary N) is 1. The molecule has 154 valence electrons. The number of carboxylic acids is 1. The molecule has 0 unspecified atom stereocenters. The lowest BCUT2D eigenvalue weighted by atomic mass is 10.1. The van der Waals surface area contributed by atoms with Gasteiger partial charge >= 0.3 is 5.97 Å². The number of rotatable bonds is 8. The zero-order chi connectivity index (χ0) is 21.6. The van der Waals surface area contributed by atoms with Crippen LogP contribution in [0.25, 0.3) is 0 Å². The number of azo groups is 1. The fraction of sp³-hybridized carbons (Fsp3) is 0.100. The first-order chi connectivity index (χ1) is 14.3. The van der Waals surface area contributed by atoms with E-state index in [4.69, 9.17) is 5.11 Å². The Bertz CT molecular complexity index is 1160. The van der Waals surface area contributed by atoms with Gasteiger partial charge in [-0.15, -0.1) is 0 Å². The quantitative estimate of drug-likeness (QED) is 0.465. The first-order valence-corrected chi connectivity index (χ1v) is 10.3. The number of carbonyl (C=O) groups is 1. The number of aromatic nitrogens is 1. The number of hydrogen-bond donors (Lipinski definition) is 3. The molecule has 30 heavy (non-hydrogen) atoms. The fourth-order valence-electron chi connectivity index (χ4n) is 2.50. The Kier molecular flexibility index (Phi) is 6.38. The highest BCUT2D eigenvalue weighted by Crippen LogP contribution is 2.26. The van der Waals surface area contributed by atoms with E-state index in [-0.39, 0.29) is 29.3 Å². The second kappa shape index (κ2) is 9.14. The molecule has 10 heteroatoms. The molecule has 9 nitrogen and oxygen atoms in total. The molecule has 0 aliphatic carbocycles. The molecule has 3 aromatic rings. The number of aryl methyl sites for hydroxylation is 1. The number of sulfonamides is 1. The Morgan fingerprint density at radius 1 is 1.00 bits per heavy atom. The highest BCUT2D eigenvalue weighted by Gasteiger charge is 2.14. The number of benzene rings is 2. The van der Waals surface area contributed by atoms with Gasteiger partial charge in [-0.1, -0.05) is 6.07 Å². The van der Waals surface area contributed by atoms with Crippen molar-refractivity contribution in [3.63, 3.8) is 0 Å². The first-order valence-electron chi connectivity index (χ1n) is 8.83. The molecule has 0 spiro atoms. The number of hydrogen-bond acceptors (Lipinski definition) is 7. The summed E-state index contributed by atoms with van der Waals surface area (Å²) in [5, 5.41) is 26.7. The third-order valence-corrected chi connectivity index (χ3v) is 5.37. The van der Waals surface area contributed by atoms with Crippen LogP contribution in [-0.2, 0) is 21.2 Å². The van der Waals surface area contributed by atoms with Crippen LogP contribution in [0, 0.1) is 0 Å².